The highest BCUT2D eigenvalue weighted by atomic mass is 19.1. The van der Waals surface area contributed by atoms with Crippen LogP contribution in [0.1, 0.15) is 43.4 Å². The fourth-order valence-electron chi connectivity index (χ4n) is 8.45. The van der Waals surface area contributed by atoms with E-state index in [-0.39, 0.29) is 69.8 Å². The Bertz CT molecular complexity index is 2400. The first-order valence-corrected chi connectivity index (χ1v) is 18.9. The molecular formula is C41H39F2N9O4. The monoisotopic (exact) mass is 759 g/mol. The van der Waals surface area contributed by atoms with Gasteiger partial charge in [0.1, 0.15) is 28.6 Å². The summed E-state index contributed by atoms with van der Waals surface area (Å²) in [6.07, 6.45) is 13.0. The van der Waals surface area contributed by atoms with Crippen LogP contribution in [0.25, 0.3) is 32.9 Å². The SMILES string of the molecule is C#Cc1c(F)ccc2cc(O)cc(-c3ncc4c(N5C[C@H]6CC[C@@H](C5)N6)nc(OCC5CCN(Cc6ccc(N7CCC(=O)NC7=O)cn6)CC5)nc4c3F)c12. The number of aromatic hydroxyl groups is 1. The second-order valence-electron chi connectivity index (χ2n) is 15.0. The van der Waals surface area contributed by atoms with Crippen molar-refractivity contribution in [1.82, 2.24) is 35.5 Å². The number of likely N-dealkylation sites (tertiary alicyclic amines) is 1. The number of carbonyl (C=O) groups excluding carboxylic acids is 2. The van der Waals surface area contributed by atoms with E-state index in [0.717, 1.165) is 44.5 Å². The largest absolute Gasteiger partial charge is 0.508 e. The van der Waals surface area contributed by atoms with Gasteiger partial charge in [-0.1, -0.05) is 12.0 Å². The molecule has 13 nitrogen and oxygen atoms in total. The van der Waals surface area contributed by atoms with Gasteiger partial charge in [-0.15, -0.1) is 6.42 Å². The predicted molar refractivity (Wildman–Crippen MR) is 205 cm³/mol. The molecule has 3 amide bonds. The Labute approximate surface area is 321 Å². The molecule has 2 aromatic carbocycles. The van der Waals surface area contributed by atoms with E-state index in [9.17, 15) is 19.1 Å². The molecule has 7 heterocycles. The Morgan fingerprint density at radius 2 is 1.77 bits per heavy atom. The van der Waals surface area contributed by atoms with Gasteiger partial charge in [-0.2, -0.15) is 9.97 Å². The number of urea groups is 1. The molecule has 0 saturated carbocycles. The van der Waals surface area contributed by atoms with Crippen LogP contribution in [0, 0.1) is 29.9 Å². The van der Waals surface area contributed by atoms with E-state index in [4.69, 9.17) is 16.1 Å². The number of pyridine rings is 2. The number of hydrogen-bond acceptors (Lipinski definition) is 11. The van der Waals surface area contributed by atoms with E-state index in [1.165, 1.54) is 35.4 Å². The highest BCUT2D eigenvalue weighted by Crippen LogP contribution is 2.39. The van der Waals surface area contributed by atoms with Crippen LogP contribution < -0.4 is 25.2 Å². The van der Waals surface area contributed by atoms with Gasteiger partial charge in [-0.05, 0) is 80.4 Å². The molecule has 3 N–H and O–H groups in total. The molecule has 2 atom stereocenters. The number of nitrogens with zero attached hydrogens (tertiary/aromatic N) is 7. The quantitative estimate of drug-likeness (QED) is 0.186. The van der Waals surface area contributed by atoms with Crippen LogP contribution in [-0.4, -0.2) is 93.3 Å². The van der Waals surface area contributed by atoms with Gasteiger partial charge < -0.3 is 20.1 Å². The summed E-state index contributed by atoms with van der Waals surface area (Å²) in [6, 6.07) is 9.45. The summed E-state index contributed by atoms with van der Waals surface area (Å²) in [5.74, 6) is 1.33. The van der Waals surface area contributed by atoms with E-state index in [1.54, 1.807) is 6.20 Å². The van der Waals surface area contributed by atoms with Gasteiger partial charge in [0.25, 0.3) is 0 Å². The molecule has 2 bridgehead atoms. The summed E-state index contributed by atoms with van der Waals surface area (Å²) in [7, 11) is 0. The van der Waals surface area contributed by atoms with Gasteiger partial charge in [0.2, 0.25) is 5.91 Å². The fraction of sp³-hybridized carbons (Fsp3) is 0.366. The Morgan fingerprint density at radius 1 is 0.964 bits per heavy atom. The summed E-state index contributed by atoms with van der Waals surface area (Å²) in [5.41, 5.74) is 1.52. The lowest BCUT2D eigenvalue weighted by Crippen LogP contribution is -2.51. The van der Waals surface area contributed by atoms with Crippen LogP contribution >= 0.6 is 0 Å². The average molecular weight is 760 g/mol. The number of piperidine rings is 1. The number of anilines is 2. The third-order valence-electron chi connectivity index (χ3n) is 11.3. The normalized spacial score (nSPS) is 20.4. The lowest BCUT2D eigenvalue weighted by Gasteiger charge is -2.34. The zero-order chi connectivity index (χ0) is 38.5. The Balaban J connectivity index is 0.946. The number of hydrogen-bond donors (Lipinski definition) is 3. The van der Waals surface area contributed by atoms with Crippen molar-refractivity contribution in [2.45, 2.75) is 50.7 Å². The summed E-state index contributed by atoms with van der Waals surface area (Å²) >= 11 is 0. The number of fused-ring (bicyclic) bond motifs is 4. The lowest BCUT2D eigenvalue weighted by molar-refractivity contribution is -0.120. The first-order valence-electron chi connectivity index (χ1n) is 18.9. The summed E-state index contributed by atoms with van der Waals surface area (Å²) in [4.78, 5) is 48.2. The number of terminal acetylenes is 1. The van der Waals surface area contributed by atoms with Crippen LogP contribution in [0.5, 0.6) is 11.8 Å². The molecule has 4 fully saturated rings. The van der Waals surface area contributed by atoms with E-state index in [2.05, 4.69) is 41.3 Å². The van der Waals surface area contributed by atoms with Crippen molar-refractivity contribution < 1.29 is 28.2 Å². The van der Waals surface area contributed by atoms with Crippen LogP contribution in [0.15, 0.2) is 48.8 Å². The molecule has 9 rings (SSSR count). The summed E-state index contributed by atoms with van der Waals surface area (Å²) in [6.45, 7) is 4.36. The molecule has 4 saturated heterocycles. The Hall–Kier alpha value is -5.98. The van der Waals surface area contributed by atoms with Crippen molar-refractivity contribution in [1.29, 1.82) is 0 Å². The van der Waals surface area contributed by atoms with Crippen molar-refractivity contribution in [2.75, 3.05) is 49.1 Å². The van der Waals surface area contributed by atoms with Crippen molar-refractivity contribution in [2.24, 2.45) is 5.92 Å². The van der Waals surface area contributed by atoms with E-state index in [1.807, 2.05) is 12.1 Å². The number of phenols is 1. The number of aromatic nitrogens is 4. The van der Waals surface area contributed by atoms with Crippen molar-refractivity contribution in [3.8, 4) is 35.4 Å². The summed E-state index contributed by atoms with van der Waals surface area (Å²) < 4.78 is 38.1. The minimum absolute atomic E-state index is 0.0128. The van der Waals surface area contributed by atoms with Gasteiger partial charge >= 0.3 is 12.0 Å². The van der Waals surface area contributed by atoms with Gasteiger partial charge in [0, 0.05) is 61.8 Å². The molecule has 5 aromatic rings. The Kier molecular flexibility index (Phi) is 9.30. The molecule has 0 unspecified atom stereocenters. The maximum Gasteiger partial charge on any atom is 0.328 e. The molecule has 4 aliphatic heterocycles. The van der Waals surface area contributed by atoms with E-state index in [0.29, 0.717) is 55.1 Å². The molecule has 0 spiro atoms. The zero-order valence-electron chi connectivity index (χ0n) is 30.5. The third-order valence-corrected chi connectivity index (χ3v) is 11.3. The highest BCUT2D eigenvalue weighted by molar-refractivity contribution is 6.05. The highest BCUT2D eigenvalue weighted by Gasteiger charge is 2.35. The molecule has 15 heteroatoms. The molecule has 3 aromatic heterocycles. The maximum atomic E-state index is 16.9. The topological polar surface area (TPSA) is 149 Å². The molecule has 0 radical (unpaired) electrons. The van der Waals surface area contributed by atoms with Gasteiger partial charge in [0.05, 0.1) is 35.1 Å². The molecule has 0 aliphatic carbocycles. The number of halogens is 2. The van der Waals surface area contributed by atoms with Crippen molar-refractivity contribution in [3.63, 3.8) is 0 Å². The van der Waals surface area contributed by atoms with Crippen LogP contribution in [0.2, 0.25) is 0 Å². The number of amides is 3. The van der Waals surface area contributed by atoms with E-state index >= 15 is 4.39 Å². The van der Waals surface area contributed by atoms with Crippen molar-refractivity contribution in [3.05, 3.63) is 71.7 Å². The smallest absolute Gasteiger partial charge is 0.328 e. The average Bonchev–Trinajstić information content (AvgIpc) is 3.54. The van der Waals surface area contributed by atoms with Gasteiger partial charge in [-0.3, -0.25) is 29.9 Å². The molecule has 286 valence electrons. The predicted octanol–water partition coefficient (Wildman–Crippen LogP) is 4.88. The van der Waals surface area contributed by atoms with Crippen molar-refractivity contribution >= 4 is 45.1 Å². The number of phenolic OH excluding ortho intramolecular Hbond substituents is 1. The maximum absolute atomic E-state index is 16.9. The second-order valence-corrected chi connectivity index (χ2v) is 15.0. The first kappa shape index (κ1) is 35.7. The third kappa shape index (κ3) is 6.79. The van der Waals surface area contributed by atoms with Crippen LogP contribution in [0.3, 0.4) is 0 Å². The molecular weight excluding hydrogens is 721 g/mol. The number of imide groups is 1. The number of carbonyl (C=O) groups is 2. The number of benzene rings is 2. The van der Waals surface area contributed by atoms with E-state index < -0.39 is 17.7 Å². The number of rotatable bonds is 8. The lowest BCUT2D eigenvalue weighted by atomic mass is 9.96. The molecule has 4 aliphatic rings. The fourth-order valence-corrected chi connectivity index (χ4v) is 8.45. The number of ether oxygens (including phenoxy) is 1. The van der Waals surface area contributed by atoms with Crippen LogP contribution in [0.4, 0.5) is 25.1 Å². The van der Waals surface area contributed by atoms with Gasteiger partial charge in [0.15, 0.2) is 5.82 Å². The number of nitrogens with one attached hydrogen (secondary N) is 2. The number of piperazine rings is 1. The zero-order valence-corrected chi connectivity index (χ0v) is 30.5. The summed E-state index contributed by atoms with van der Waals surface area (Å²) in [5, 5.41) is 17.7. The standard InChI is InChI=1S/C41H39F2N9O4/c1-2-30-33(42)8-3-24-15-29(53)16-31(35(24)30)37-36(43)38-32(18-45-37)39(51-20-26-4-5-27(21-51)46-26)49-40(48-38)56-22-23-9-12-50(13-10-23)19-25-6-7-28(17-44-25)52-14-11-34(54)47-41(52)55/h1,3,6-8,15-18,23,26-27,46,53H,4-5,9-14,19-22H2,(H,47,54,55)/t26-,27+. The minimum Gasteiger partial charge on any atom is -0.508 e. The van der Waals surface area contributed by atoms with Gasteiger partial charge in [-0.25, -0.2) is 13.6 Å². The second kappa shape index (κ2) is 14.6. The molecule has 56 heavy (non-hydrogen) atoms. The first-order chi connectivity index (χ1) is 27.2. The van der Waals surface area contributed by atoms with Crippen LogP contribution in [-0.2, 0) is 11.3 Å². The minimum atomic E-state index is -0.752. The Morgan fingerprint density at radius 3 is 2.50 bits per heavy atom.